The van der Waals surface area contributed by atoms with Crippen molar-refractivity contribution in [3.05, 3.63) is 72.9 Å². The van der Waals surface area contributed by atoms with Crippen LogP contribution in [0.4, 0.5) is 17.1 Å². The molecule has 4 rings (SSSR count). The molecular weight excluding hydrogens is 460 g/mol. The number of azo groups is 1. The van der Waals surface area contributed by atoms with E-state index in [-0.39, 0.29) is 6.61 Å². The third-order valence-electron chi connectivity index (χ3n) is 5.62. The molecule has 0 radical (unpaired) electrons. The molecule has 0 saturated carbocycles. The van der Waals surface area contributed by atoms with Crippen molar-refractivity contribution in [1.82, 2.24) is 4.98 Å². The van der Waals surface area contributed by atoms with Gasteiger partial charge in [0.05, 0.1) is 24.2 Å². The molecule has 0 aliphatic carbocycles. The van der Waals surface area contributed by atoms with Gasteiger partial charge in [-0.25, -0.2) is 0 Å². The zero-order valence-electron chi connectivity index (χ0n) is 19.3. The molecule has 180 valence electrons. The first kappa shape index (κ1) is 24.7. The molecule has 0 bridgehead atoms. The number of aromatic nitrogens is 1. The average Bonchev–Trinajstić information content (AvgIpc) is 2.91. The predicted octanol–water partition coefficient (Wildman–Crippen LogP) is 7.40. The second kappa shape index (κ2) is 12.3. The minimum absolute atomic E-state index is 0.239. The number of ether oxygens (including phenoxy) is 1. The van der Waals surface area contributed by atoms with Crippen molar-refractivity contribution in [1.29, 1.82) is 0 Å². The number of nitrogens with zero attached hydrogens (tertiary/aromatic N) is 3. The number of benzene rings is 3. The van der Waals surface area contributed by atoms with Crippen molar-refractivity contribution in [3.8, 4) is 17.0 Å². The maximum absolute atomic E-state index is 9.67. The van der Waals surface area contributed by atoms with Gasteiger partial charge in [0.25, 0.3) is 0 Å². The van der Waals surface area contributed by atoms with Crippen LogP contribution in [-0.4, -0.2) is 27.9 Å². The lowest BCUT2D eigenvalue weighted by atomic mass is 10.1. The number of aliphatic hydroxyl groups excluding tert-OH is 1. The van der Waals surface area contributed by atoms with Crippen LogP contribution >= 0.6 is 12.0 Å². The highest BCUT2D eigenvalue weighted by atomic mass is 32.2. The summed E-state index contributed by atoms with van der Waals surface area (Å²) in [6.45, 7) is 0.860. The van der Waals surface area contributed by atoms with E-state index in [2.05, 4.69) is 15.2 Å². The van der Waals surface area contributed by atoms with Gasteiger partial charge in [-0.15, -0.1) is 10.2 Å². The van der Waals surface area contributed by atoms with Crippen LogP contribution in [0, 0.1) is 0 Å². The van der Waals surface area contributed by atoms with Crippen molar-refractivity contribution < 1.29 is 14.4 Å². The van der Waals surface area contributed by atoms with Crippen molar-refractivity contribution in [2.45, 2.75) is 30.6 Å². The smallest absolute Gasteiger partial charge is 0.128 e. The fourth-order valence-electron chi connectivity index (χ4n) is 3.78. The zero-order chi connectivity index (χ0) is 24.5. The number of aliphatic hydroxyl groups is 1. The summed E-state index contributed by atoms with van der Waals surface area (Å²) in [5.74, 6) is 0.787. The lowest BCUT2D eigenvalue weighted by Crippen LogP contribution is -1.99. The first-order valence-corrected chi connectivity index (χ1v) is 12.3. The zero-order valence-corrected chi connectivity index (χ0v) is 20.1. The van der Waals surface area contributed by atoms with Gasteiger partial charge in [0.2, 0.25) is 0 Å². The Kier molecular flexibility index (Phi) is 8.67. The van der Waals surface area contributed by atoms with E-state index < -0.39 is 0 Å². The van der Waals surface area contributed by atoms with E-state index in [4.69, 9.17) is 15.6 Å². The average molecular weight is 489 g/mol. The summed E-state index contributed by atoms with van der Waals surface area (Å²) in [5.41, 5.74) is 9.59. The molecule has 0 spiro atoms. The van der Waals surface area contributed by atoms with E-state index in [1.807, 2.05) is 60.7 Å². The Balaban J connectivity index is 1.48. The van der Waals surface area contributed by atoms with Crippen LogP contribution in [0.1, 0.15) is 25.7 Å². The van der Waals surface area contributed by atoms with Crippen molar-refractivity contribution in [2.75, 3.05) is 18.9 Å². The third-order valence-corrected chi connectivity index (χ3v) is 6.15. The van der Waals surface area contributed by atoms with Crippen LogP contribution in [-0.2, 0) is 0 Å². The van der Waals surface area contributed by atoms with Crippen LogP contribution < -0.4 is 10.5 Å². The lowest BCUT2D eigenvalue weighted by Gasteiger charge is -2.11. The van der Waals surface area contributed by atoms with E-state index in [1.54, 1.807) is 12.3 Å². The summed E-state index contributed by atoms with van der Waals surface area (Å²) in [4.78, 5) is 5.23. The molecule has 0 atom stereocenters. The molecule has 0 aliphatic rings. The molecule has 0 amide bonds. The SMILES string of the molecule is Nc1c(N=Nc2ccc(-c3ccccc3OCCCCCCO)nc2)cc(SO)c2ccccc12. The van der Waals surface area contributed by atoms with Crippen LogP contribution in [0.25, 0.3) is 22.0 Å². The topological polar surface area (TPSA) is 113 Å². The summed E-state index contributed by atoms with van der Waals surface area (Å²) in [5, 5.41) is 19.2. The fourth-order valence-corrected chi connectivity index (χ4v) is 4.22. The number of rotatable bonds is 11. The molecule has 0 aliphatic heterocycles. The molecule has 4 N–H and O–H groups in total. The number of para-hydroxylation sites is 1. The first-order chi connectivity index (χ1) is 17.2. The molecule has 4 aromatic rings. The van der Waals surface area contributed by atoms with Crippen molar-refractivity contribution >= 4 is 39.9 Å². The molecule has 3 aromatic carbocycles. The van der Waals surface area contributed by atoms with Gasteiger partial charge in [-0.05, 0) is 55.0 Å². The van der Waals surface area contributed by atoms with E-state index in [0.717, 1.165) is 53.5 Å². The van der Waals surface area contributed by atoms with Crippen molar-refractivity contribution in [2.24, 2.45) is 10.2 Å². The predicted molar refractivity (Wildman–Crippen MR) is 142 cm³/mol. The maximum Gasteiger partial charge on any atom is 0.128 e. The quantitative estimate of drug-likeness (QED) is 0.0877. The summed E-state index contributed by atoms with van der Waals surface area (Å²) in [6, 6.07) is 20.9. The maximum atomic E-state index is 9.67. The Morgan fingerprint density at radius 2 is 1.66 bits per heavy atom. The highest BCUT2D eigenvalue weighted by Crippen LogP contribution is 2.38. The van der Waals surface area contributed by atoms with Gasteiger partial charge >= 0.3 is 0 Å². The number of hydrogen-bond donors (Lipinski definition) is 3. The number of nitrogen functional groups attached to an aromatic ring is 1. The Morgan fingerprint density at radius 1 is 0.886 bits per heavy atom. The molecule has 1 heterocycles. The van der Waals surface area contributed by atoms with Gasteiger partial charge in [-0.1, -0.05) is 42.8 Å². The molecule has 0 saturated heterocycles. The Hall–Kier alpha value is -3.46. The summed E-state index contributed by atoms with van der Waals surface area (Å²) in [6.07, 6.45) is 5.46. The second-order valence-electron chi connectivity index (χ2n) is 8.03. The van der Waals surface area contributed by atoms with Crippen LogP contribution in [0.2, 0.25) is 0 Å². The molecule has 8 heteroatoms. The Labute approximate surface area is 208 Å². The number of hydrogen-bond acceptors (Lipinski definition) is 8. The fraction of sp³-hybridized carbons (Fsp3) is 0.222. The van der Waals surface area contributed by atoms with E-state index in [9.17, 15) is 4.55 Å². The first-order valence-electron chi connectivity index (χ1n) is 11.5. The van der Waals surface area contributed by atoms with Gasteiger partial charge < -0.3 is 20.1 Å². The lowest BCUT2D eigenvalue weighted by molar-refractivity contribution is 0.273. The second-order valence-corrected chi connectivity index (χ2v) is 8.65. The molecule has 1 aromatic heterocycles. The van der Waals surface area contributed by atoms with E-state index in [0.29, 0.717) is 40.6 Å². The highest BCUT2D eigenvalue weighted by molar-refractivity contribution is 7.94. The largest absolute Gasteiger partial charge is 0.493 e. The van der Waals surface area contributed by atoms with E-state index in [1.165, 1.54) is 0 Å². The molecule has 0 fully saturated rings. The number of fused-ring (bicyclic) bond motifs is 1. The third kappa shape index (κ3) is 6.16. The van der Waals surface area contributed by atoms with Crippen LogP contribution in [0.3, 0.4) is 0 Å². The van der Waals surface area contributed by atoms with Crippen LogP contribution in [0.5, 0.6) is 5.75 Å². The summed E-state index contributed by atoms with van der Waals surface area (Å²) < 4.78 is 15.7. The van der Waals surface area contributed by atoms with Crippen molar-refractivity contribution in [3.63, 3.8) is 0 Å². The minimum atomic E-state index is 0.239. The van der Waals surface area contributed by atoms with E-state index >= 15 is 0 Å². The molecule has 0 unspecified atom stereocenters. The number of nitrogens with two attached hydrogens (primary N) is 1. The van der Waals surface area contributed by atoms with Gasteiger partial charge in [0.15, 0.2) is 0 Å². The molecule has 35 heavy (non-hydrogen) atoms. The molecule has 7 nitrogen and oxygen atoms in total. The van der Waals surface area contributed by atoms with Gasteiger partial charge in [0, 0.05) is 34.5 Å². The van der Waals surface area contributed by atoms with Crippen LogP contribution in [0.15, 0.2) is 88.1 Å². The summed E-state index contributed by atoms with van der Waals surface area (Å²) in [7, 11) is 0. The van der Waals surface area contributed by atoms with Gasteiger partial charge in [-0.3, -0.25) is 4.98 Å². The van der Waals surface area contributed by atoms with Gasteiger partial charge in [0.1, 0.15) is 17.1 Å². The van der Waals surface area contributed by atoms with Gasteiger partial charge in [-0.2, -0.15) is 0 Å². The Morgan fingerprint density at radius 3 is 2.43 bits per heavy atom. The highest BCUT2D eigenvalue weighted by Gasteiger charge is 2.10. The Bertz CT molecular complexity index is 1300. The number of unbranched alkanes of at least 4 members (excludes halogenated alkanes) is 3. The number of pyridine rings is 1. The normalized spacial score (nSPS) is 11.4. The summed E-state index contributed by atoms with van der Waals surface area (Å²) >= 11 is 0.662. The molecular formula is C27H28N4O3S. The minimum Gasteiger partial charge on any atom is -0.493 e. The number of anilines is 1. The monoisotopic (exact) mass is 488 g/mol. The standard InChI is InChI=1S/C27H28N4O3S/c28-27-21-10-4-3-9-20(21)26(35-33)17-24(27)31-30-19-13-14-23(29-18-19)22-11-5-6-12-25(22)34-16-8-2-1-7-15-32/h3-6,9-14,17-18,32-33H,1-2,7-8,15-16,28H2.